The maximum Gasteiger partial charge on any atom is 0.193 e. The van der Waals surface area contributed by atoms with Crippen LogP contribution >= 0.6 is 15.9 Å². The third kappa shape index (κ3) is 2.43. The van der Waals surface area contributed by atoms with Crippen molar-refractivity contribution in [2.75, 3.05) is 6.61 Å². The van der Waals surface area contributed by atoms with Crippen LogP contribution in [0.25, 0.3) is 11.5 Å². The Bertz CT molecular complexity index is 586. The second-order valence-corrected chi connectivity index (χ2v) is 4.30. The maximum atomic E-state index is 9.41. The molecule has 0 aromatic carbocycles. The number of nitrogens with zero attached hydrogens (tertiary/aromatic N) is 4. The molecule has 0 bridgehead atoms. The van der Waals surface area contributed by atoms with Gasteiger partial charge in [0.15, 0.2) is 16.1 Å². The minimum atomic E-state index is -0.976. The van der Waals surface area contributed by atoms with E-state index in [2.05, 4.69) is 26.2 Å². The van der Waals surface area contributed by atoms with Gasteiger partial charge in [-0.15, -0.1) is 5.10 Å². The molecule has 1 atom stereocenters. The van der Waals surface area contributed by atoms with E-state index in [1.807, 2.05) is 6.07 Å². The molecule has 2 N–H and O–H groups in total. The molecule has 94 valence electrons. The lowest BCUT2D eigenvalue weighted by atomic mass is 10.2. The van der Waals surface area contributed by atoms with Crippen molar-refractivity contribution in [3.63, 3.8) is 0 Å². The van der Waals surface area contributed by atoms with Crippen molar-refractivity contribution in [3.05, 3.63) is 22.5 Å². The standard InChI is InChI=1S/C10H9BrN4O3/c11-9-2-1-8(18-9)10-7(3-12)13-14-15(10)4-6(17)5-16/h1-2,6,16-17H,4-5H2. The summed E-state index contributed by atoms with van der Waals surface area (Å²) >= 11 is 3.16. The number of aromatic nitrogens is 3. The third-order valence-corrected chi connectivity index (χ3v) is 2.67. The van der Waals surface area contributed by atoms with Gasteiger partial charge in [0.25, 0.3) is 0 Å². The molecule has 0 radical (unpaired) electrons. The third-order valence-electron chi connectivity index (χ3n) is 2.24. The Balaban J connectivity index is 2.43. The highest BCUT2D eigenvalue weighted by atomic mass is 79.9. The van der Waals surface area contributed by atoms with Crippen molar-refractivity contribution in [1.29, 1.82) is 5.26 Å². The maximum absolute atomic E-state index is 9.41. The lowest BCUT2D eigenvalue weighted by Crippen LogP contribution is -2.21. The highest BCUT2D eigenvalue weighted by Crippen LogP contribution is 2.26. The summed E-state index contributed by atoms with van der Waals surface area (Å²) in [6.45, 7) is -0.373. The first-order valence-electron chi connectivity index (χ1n) is 5.04. The van der Waals surface area contributed by atoms with Crippen molar-refractivity contribution in [2.45, 2.75) is 12.6 Å². The molecule has 18 heavy (non-hydrogen) atoms. The molecular weight excluding hydrogens is 304 g/mol. The van der Waals surface area contributed by atoms with Crippen LogP contribution in [0.3, 0.4) is 0 Å². The predicted octanol–water partition coefficient (Wildman–Crippen LogP) is 0.525. The number of aliphatic hydroxyl groups excluding tert-OH is 2. The van der Waals surface area contributed by atoms with Crippen LogP contribution in [0.1, 0.15) is 5.69 Å². The summed E-state index contributed by atoms with van der Waals surface area (Å²) in [6.07, 6.45) is -0.976. The normalized spacial score (nSPS) is 12.3. The van der Waals surface area contributed by atoms with Crippen LogP contribution in [0.5, 0.6) is 0 Å². The Hall–Kier alpha value is -1.69. The highest BCUT2D eigenvalue weighted by molar-refractivity contribution is 9.10. The zero-order valence-electron chi connectivity index (χ0n) is 9.12. The van der Waals surface area contributed by atoms with Crippen molar-refractivity contribution < 1.29 is 14.6 Å². The lowest BCUT2D eigenvalue weighted by molar-refractivity contribution is 0.0781. The van der Waals surface area contributed by atoms with Gasteiger partial charge in [0.2, 0.25) is 0 Å². The average Bonchev–Trinajstić information content (AvgIpc) is 2.95. The minimum absolute atomic E-state index is 0.0266. The number of nitriles is 1. The molecule has 1 unspecified atom stereocenters. The molecule has 0 saturated carbocycles. The van der Waals surface area contributed by atoms with Gasteiger partial charge in [0.05, 0.1) is 19.3 Å². The molecule has 2 rings (SSSR count). The Kier molecular flexibility index (Phi) is 3.76. The molecule has 8 heteroatoms. The molecule has 0 aliphatic heterocycles. The van der Waals surface area contributed by atoms with E-state index in [0.717, 1.165) is 0 Å². The average molecular weight is 313 g/mol. The molecule has 0 aliphatic carbocycles. The summed E-state index contributed by atoms with van der Waals surface area (Å²) in [5.74, 6) is 0.411. The van der Waals surface area contributed by atoms with E-state index in [0.29, 0.717) is 16.1 Å². The van der Waals surface area contributed by atoms with Crippen LogP contribution in [0, 0.1) is 11.3 Å². The van der Waals surface area contributed by atoms with E-state index in [9.17, 15) is 5.11 Å². The van der Waals surface area contributed by atoms with Gasteiger partial charge in [-0.05, 0) is 28.1 Å². The zero-order valence-corrected chi connectivity index (χ0v) is 10.7. The molecule has 7 nitrogen and oxygen atoms in total. The largest absolute Gasteiger partial charge is 0.448 e. The lowest BCUT2D eigenvalue weighted by Gasteiger charge is -2.08. The van der Waals surface area contributed by atoms with Crippen molar-refractivity contribution >= 4 is 15.9 Å². The van der Waals surface area contributed by atoms with Gasteiger partial charge in [0.1, 0.15) is 11.8 Å². The molecule has 0 saturated heterocycles. The summed E-state index contributed by atoms with van der Waals surface area (Å²) in [5.41, 5.74) is 0.470. The molecule has 2 aromatic heterocycles. The highest BCUT2D eigenvalue weighted by Gasteiger charge is 2.19. The summed E-state index contributed by atoms with van der Waals surface area (Å²) in [5, 5.41) is 34.6. The van der Waals surface area contributed by atoms with E-state index in [-0.39, 0.29) is 12.2 Å². The molecule has 2 aromatic rings. The van der Waals surface area contributed by atoms with Gasteiger partial charge >= 0.3 is 0 Å². The number of hydrogen-bond acceptors (Lipinski definition) is 6. The fourth-order valence-electron chi connectivity index (χ4n) is 1.46. The minimum Gasteiger partial charge on any atom is -0.448 e. The Morgan fingerprint density at radius 3 is 2.89 bits per heavy atom. The first-order chi connectivity index (χ1) is 8.65. The number of furan rings is 1. The number of aliphatic hydroxyl groups is 2. The van der Waals surface area contributed by atoms with E-state index in [4.69, 9.17) is 14.8 Å². The monoisotopic (exact) mass is 312 g/mol. The van der Waals surface area contributed by atoms with Crippen molar-refractivity contribution in [2.24, 2.45) is 0 Å². The smallest absolute Gasteiger partial charge is 0.193 e. The first kappa shape index (κ1) is 12.8. The summed E-state index contributed by atoms with van der Waals surface area (Å²) in [6, 6.07) is 5.24. The van der Waals surface area contributed by atoms with Crippen LogP contribution in [-0.2, 0) is 6.54 Å². The molecule has 0 amide bonds. The molecule has 0 aliphatic rings. The van der Waals surface area contributed by atoms with E-state index < -0.39 is 12.7 Å². The summed E-state index contributed by atoms with van der Waals surface area (Å²) in [7, 11) is 0. The van der Waals surface area contributed by atoms with Gasteiger partial charge < -0.3 is 14.6 Å². The van der Waals surface area contributed by atoms with Crippen LogP contribution in [0.4, 0.5) is 0 Å². The number of halogens is 1. The SMILES string of the molecule is N#Cc1nnn(CC(O)CO)c1-c1ccc(Br)o1. The number of hydrogen-bond donors (Lipinski definition) is 2. The first-order valence-corrected chi connectivity index (χ1v) is 5.83. The molecule has 2 heterocycles. The molecule has 0 spiro atoms. The van der Waals surface area contributed by atoms with Crippen LogP contribution in [0.15, 0.2) is 21.2 Å². The van der Waals surface area contributed by atoms with Gasteiger partial charge in [-0.3, -0.25) is 0 Å². The quantitative estimate of drug-likeness (QED) is 0.852. The van der Waals surface area contributed by atoms with Gasteiger partial charge in [-0.2, -0.15) is 5.26 Å². The van der Waals surface area contributed by atoms with Crippen LogP contribution in [-0.4, -0.2) is 37.9 Å². The Morgan fingerprint density at radius 2 is 2.33 bits per heavy atom. The fraction of sp³-hybridized carbons (Fsp3) is 0.300. The summed E-state index contributed by atoms with van der Waals surface area (Å²) < 4.78 is 7.18. The van der Waals surface area contributed by atoms with Gasteiger partial charge in [-0.25, -0.2) is 4.68 Å². The number of rotatable bonds is 4. The second-order valence-electron chi connectivity index (χ2n) is 3.52. The zero-order chi connectivity index (χ0) is 13.1. The van der Waals surface area contributed by atoms with Gasteiger partial charge in [0, 0.05) is 0 Å². The molecular formula is C10H9BrN4O3. The Labute approximate surface area is 110 Å². The van der Waals surface area contributed by atoms with E-state index >= 15 is 0 Å². The second kappa shape index (κ2) is 5.30. The van der Waals surface area contributed by atoms with Crippen molar-refractivity contribution in [3.8, 4) is 17.5 Å². The van der Waals surface area contributed by atoms with Gasteiger partial charge in [-0.1, -0.05) is 5.21 Å². The van der Waals surface area contributed by atoms with E-state index in [1.165, 1.54) is 4.68 Å². The predicted molar refractivity (Wildman–Crippen MR) is 63.2 cm³/mol. The fourth-order valence-corrected chi connectivity index (χ4v) is 1.77. The topological polar surface area (TPSA) is 108 Å². The van der Waals surface area contributed by atoms with Crippen LogP contribution < -0.4 is 0 Å². The molecule has 0 fully saturated rings. The van der Waals surface area contributed by atoms with E-state index in [1.54, 1.807) is 12.1 Å². The van der Waals surface area contributed by atoms with Crippen LogP contribution in [0.2, 0.25) is 0 Å². The summed E-state index contributed by atoms with van der Waals surface area (Å²) in [4.78, 5) is 0. The Morgan fingerprint density at radius 1 is 1.56 bits per heavy atom. The van der Waals surface area contributed by atoms with Crippen molar-refractivity contribution in [1.82, 2.24) is 15.0 Å².